The molecule has 2 N–H and O–H groups in total. The first-order chi connectivity index (χ1) is 13.0. The van der Waals surface area contributed by atoms with Gasteiger partial charge in [0, 0.05) is 43.3 Å². The van der Waals surface area contributed by atoms with E-state index in [0.29, 0.717) is 6.54 Å². The van der Waals surface area contributed by atoms with Gasteiger partial charge in [0.15, 0.2) is 5.96 Å². The van der Waals surface area contributed by atoms with E-state index >= 15 is 0 Å². The molecule has 27 heavy (non-hydrogen) atoms. The van der Waals surface area contributed by atoms with Crippen LogP contribution >= 0.6 is 0 Å². The van der Waals surface area contributed by atoms with Crippen LogP contribution in [0.1, 0.15) is 26.3 Å². The zero-order valence-corrected chi connectivity index (χ0v) is 17.3. The second kappa shape index (κ2) is 10.4. The molecule has 1 fully saturated rings. The number of ether oxygens (including phenoxy) is 3. The third kappa shape index (κ3) is 6.29. The molecule has 0 unspecified atom stereocenters. The fourth-order valence-corrected chi connectivity index (χ4v) is 3.07. The third-order valence-corrected chi connectivity index (χ3v) is 4.80. The molecule has 1 aromatic carbocycles. The van der Waals surface area contributed by atoms with Gasteiger partial charge < -0.3 is 24.8 Å². The topological polar surface area (TPSA) is 67.4 Å². The Morgan fingerprint density at radius 2 is 1.93 bits per heavy atom. The molecule has 1 aromatic rings. The summed E-state index contributed by atoms with van der Waals surface area (Å²) in [7, 11) is 3.31. The van der Waals surface area contributed by atoms with Crippen LogP contribution < -0.4 is 20.1 Å². The van der Waals surface area contributed by atoms with E-state index in [-0.39, 0.29) is 5.54 Å². The van der Waals surface area contributed by atoms with Crippen LogP contribution in [-0.4, -0.2) is 70.0 Å². The lowest BCUT2D eigenvalue weighted by atomic mass is 10.0. The standard InChI is InChI=1S/C20H34N4O3/c1-6-21-19(23-15-20(2,3)24-9-11-27-12-10-24)22-14-16-7-8-17(25-4)13-18(16)26-5/h7-8,13H,6,9-12,14-15H2,1-5H3,(H2,21,22,23). The van der Waals surface area contributed by atoms with E-state index in [1.54, 1.807) is 14.2 Å². The normalized spacial score (nSPS) is 16.1. The molecule has 0 saturated carbocycles. The van der Waals surface area contributed by atoms with Crippen LogP contribution in [0.3, 0.4) is 0 Å². The Morgan fingerprint density at radius 1 is 1.19 bits per heavy atom. The molecule has 7 nitrogen and oxygen atoms in total. The van der Waals surface area contributed by atoms with Crippen LogP contribution in [0.2, 0.25) is 0 Å². The first kappa shape index (κ1) is 21.3. The molecule has 1 aliphatic rings. The van der Waals surface area contributed by atoms with Gasteiger partial charge in [-0.05, 0) is 32.9 Å². The van der Waals surface area contributed by atoms with Gasteiger partial charge in [0.1, 0.15) is 11.5 Å². The summed E-state index contributed by atoms with van der Waals surface area (Å²) >= 11 is 0. The number of hydrogen-bond donors (Lipinski definition) is 2. The SMILES string of the molecule is CCNC(=NCc1ccc(OC)cc1OC)NCC(C)(C)N1CCOCC1. The minimum Gasteiger partial charge on any atom is -0.497 e. The summed E-state index contributed by atoms with van der Waals surface area (Å²) < 4.78 is 16.2. The van der Waals surface area contributed by atoms with Crippen LogP contribution in [0.4, 0.5) is 0 Å². The molecule has 2 rings (SSSR count). The lowest BCUT2D eigenvalue weighted by molar-refractivity contribution is -0.00834. The van der Waals surface area contributed by atoms with Crippen molar-refractivity contribution in [2.24, 2.45) is 4.99 Å². The molecule has 7 heteroatoms. The van der Waals surface area contributed by atoms with Crippen LogP contribution in [0.25, 0.3) is 0 Å². The third-order valence-electron chi connectivity index (χ3n) is 4.80. The van der Waals surface area contributed by atoms with Crippen molar-refractivity contribution in [3.8, 4) is 11.5 Å². The first-order valence-corrected chi connectivity index (χ1v) is 9.56. The fourth-order valence-electron chi connectivity index (χ4n) is 3.07. The van der Waals surface area contributed by atoms with E-state index in [1.807, 2.05) is 18.2 Å². The van der Waals surface area contributed by atoms with Gasteiger partial charge in [-0.1, -0.05) is 0 Å². The summed E-state index contributed by atoms with van der Waals surface area (Å²) in [4.78, 5) is 7.18. The molecule has 0 bridgehead atoms. The molecule has 0 amide bonds. The Hall–Kier alpha value is -1.99. The molecule has 0 radical (unpaired) electrons. The predicted molar refractivity (Wildman–Crippen MR) is 109 cm³/mol. The smallest absolute Gasteiger partial charge is 0.191 e. The quantitative estimate of drug-likeness (QED) is 0.532. The maximum atomic E-state index is 5.47. The van der Waals surface area contributed by atoms with Crippen LogP contribution in [0.15, 0.2) is 23.2 Å². The number of hydrogen-bond acceptors (Lipinski definition) is 5. The number of benzene rings is 1. The number of nitrogens with one attached hydrogen (secondary N) is 2. The number of guanidine groups is 1. The number of methoxy groups -OCH3 is 2. The van der Waals surface area contributed by atoms with Crippen molar-refractivity contribution in [3.05, 3.63) is 23.8 Å². The maximum absolute atomic E-state index is 5.47. The highest BCUT2D eigenvalue weighted by molar-refractivity contribution is 5.79. The molecule has 0 spiro atoms. The lowest BCUT2D eigenvalue weighted by Gasteiger charge is -2.41. The van der Waals surface area contributed by atoms with Gasteiger partial charge in [0.2, 0.25) is 0 Å². The van der Waals surface area contributed by atoms with Gasteiger partial charge in [-0.2, -0.15) is 0 Å². The van der Waals surface area contributed by atoms with Crippen molar-refractivity contribution < 1.29 is 14.2 Å². The second-order valence-corrected chi connectivity index (χ2v) is 7.14. The summed E-state index contributed by atoms with van der Waals surface area (Å²) in [6.07, 6.45) is 0. The number of rotatable bonds is 8. The van der Waals surface area contributed by atoms with Gasteiger partial charge >= 0.3 is 0 Å². The summed E-state index contributed by atoms with van der Waals surface area (Å²) in [5.74, 6) is 2.36. The maximum Gasteiger partial charge on any atom is 0.191 e. The van der Waals surface area contributed by atoms with Crippen molar-refractivity contribution in [1.82, 2.24) is 15.5 Å². The fraction of sp³-hybridized carbons (Fsp3) is 0.650. The average molecular weight is 379 g/mol. The highest BCUT2D eigenvalue weighted by Gasteiger charge is 2.28. The largest absolute Gasteiger partial charge is 0.497 e. The molecule has 0 aromatic heterocycles. The molecule has 152 valence electrons. The monoisotopic (exact) mass is 378 g/mol. The Morgan fingerprint density at radius 3 is 2.56 bits per heavy atom. The van der Waals surface area contributed by atoms with Gasteiger partial charge in [-0.25, -0.2) is 4.99 Å². The number of aliphatic imine (C=N–C) groups is 1. The summed E-state index contributed by atoms with van der Waals surface area (Å²) in [6.45, 7) is 12.2. The van der Waals surface area contributed by atoms with E-state index in [0.717, 1.165) is 62.4 Å². The summed E-state index contributed by atoms with van der Waals surface area (Å²) in [5, 5.41) is 6.80. The van der Waals surface area contributed by atoms with Crippen molar-refractivity contribution in [2.75, 3.05) is 53.6 Å². The lowest BCUT2D eigenvalue weighted by Crippen LogP contribution is -2.56. The Kier molecular flexibility index (Phi) is 8.19. The highest BCUT2D eigenvalue weighted by atomic mass is 16.5. The minimum absolute atomic E-state index is 0.0256. The van der Waals surface area contributed by atoms with Crippen molar-refractivity contribution >= 4 is 5.96 Å². The molecular weight excluding hydrogens is 344 g/mol. The number of morpholine rings is 1. The summed E-state index contributed by atoms with van der Waals surface area (Å²) in [6, 6.07) is 5.80. The second-order valence-electron chi connectivity index (χ2n) is 7.14. The van der Waals surface area contributed by atoms with Gasteiger partial charge in [0.25, 0.3) is 0 Å². The predicted octanol–water partition coefficient (Wildman–Crippen LogP) is 1.87. The van der Waals surface area contributed by atoms with Gasteiger partial charge in [0.05, 0.1) is 34.0 Å². The van der Waals surface area contributed by atoms with Crippen molar-refractivity contribution in [3.63, 3.8) is 0 Å². The van der Waals surface area contributed by atoms with Crippen molar-refractivity contribution in [2.45, 2.75) is 32.9 Å². The van der Waals surface area contributed by atoms with Gasteiger partial charge in [-0.15, -0.1) is 0 Å². The van der Waals surface area contributed by atoms with E-state index in [4.69, 9.17) is 19.2 Å². The molecular formula is C20H34N4O3. The average Bonchev–Trinajstić information content (AvgIpc) is 2.70. The van der Waals surface area contributed by atoms with E-state index in [9.17, 15) is 0 Å². The highest BCUT2D eigenvalue weighted by Crippen LogP contribution is 2.25. The van der Waals surface area contributed by atoms with Crippen LogP contribution in [-0.2, 0) is 11.3 Å². The minimum atomic E-state index is 0.0256. The summed E-state index contributed by atoms with van der Waals surface area (Å²) in [5.41, 5.74) is 1.04. The van der Waals surface area contributed by atoms with E-state index < -0.39 is 0 Å². The van der Waals surface area contributed by atoms with Crippen LogP contribution in [0.5, 0.6) is 11.5 Å². The zero-order chi connectivity index (χ0) is 19.7. The van der Waals surface area contributed by atoms with Gasteiger partial charge in [-0.3, -0.25) is 4.90 Å². The van der Waals surface area contributed by atoms with E-state index in [2.05, 4.69) is 36.3 Å². The Bertz CT molecular complexity index is 613. The molecule has 1 heterocycles. The molecule has 1 saturated heterocycles. The first-order valence-electron chi connectivity index (χ1n) is 9.56. The number of nitrogens with zero attached hydrogens (tertiary/aromatic N) is 2. The Balaban J connectivity index is 2.01. The molecule has 0 aliphatic carbocycles. The van der Waals surface area contributed by atoms with E-state index in [1.165, 1.54) is 0 Å². The Labute approximate surface area is 163 Å². The van der Waals surface area contributed by atoms with Crippen LogP contribution in [0, 0.1) is 0 Å². The molecule has 0 atom stereocenters. The van der Waals surface area contributed by atoms with Crippen molar-refractivity contribution in [1.29, 1.82) is 0 Å². The molecule has 1 aliphatic heterocycles. The zero-order valence-electron chi connectivity index (χ0n) is 17.3.